The molecular weight excluding hydrogens is 312 g/mol. The largest absolute Gasteiger partial charge is 0.360 e. The minimum absolute atomic E-state index is 0.387. The van der Waals surface area contributed by atoms with Gasteiger partial charge in [-0.05, 0) is 31.4 Å². The van der Waals surface area contributed by atoms with Gasteiger partial charge in [0.25, 0.3) is 0 Å². The van der Waals surface area contributed by atoms with Gasteiger partial charge >= 0.3 is 0 Å². The Morgan fingerprint density at radius 1 is 1.20 bits per heavy atom. The summed E-state index contributed by atoms with van der Waals surface area (Å²) in [5, 5.41) is 0. The van der Waals surface area contributed by atoms with E-state index in [4.69, 9.17) is 4.98 Å². The monoisotopic (exact) mass is 336 g/mol. The first-order chi connectivity index (χ1) is 12.1. The quantitative estimate of drug-likeness (QED) is 0.796. The number of aromatic amines is 1. The molecule has 130 valence electrons. The number of H-pyrrole nitrogens is 1. The van der Waals surface area contributed by atoms with Crippen LogP contribution in [0.3, 0.4) is 0 Å². The molecule has 0 aliphatic carbocycles. The Labute approximate surface area is 147 Å². The molecule has 1 aliphatic heterocycles. The number of nitrogens with zero attached hydrogens (tertiary/aromatic N) is 5. The van der Waals surface area contributed by atoms with Crippen LogP contribution in [0.1, 0.15) is 30.1 Å². The highest BCUT2D eigenvalue weighted by atomic mass is 15.3. The molecule has 6 nitrogen and oxygen atoms in total. The van der Waals surface area contributed by atoms with Crippen molar-refractivity contribution in [3.05, 3.63) is 42.0 Å². The number of rotatable bonds is 3. The summed E-state index contributed by atoms with van der Waals surface area (Å²) < 4.78 is 0. The van der Waals surface area contributed by atoms with Gasteiger partial charge in [-0.3, -0.25) is 0 Å². The van der Waals surface area contributed by atoms with Crippen LogP contribution in [0.25, 0.3) is 11.0 Å². The second-order valence-electron chi connectivity index (χ2n) is 6.98. The van der Waals surface area contributed by atoms with Crippen LogP contribution in [0, 0.1) is 6.92 Å². The average molecular weight is 336 g/mol. The van der Waals surface area contributed by atoms with Gasteiger partial charge in [-0.25, -0.2) is 15.0 Å². The third-order valence-corrected chi connectivity index (χ3v) is 4.92. The third-order valence-electron chi connectivity index (χ3n) is 4.92. The third kappa shape index (κ3) is 2.92. The SMILES string of the molecule is Cc1cccc2[nH]c([C@H]3CCCN(c4nccnc4N(C)C)C3)nc12. The van der Waals surface area contributed by atoms with Crippen molar-refractivity contribution in [3.63, 3.8) is 0 Å². The molecule has 0 unspecified atom stereocenters. The van der Waals surface area contributed by atoms with Crippen molar-refractivity contribution in [2.24, 2.45) is 0 Å². The van der Waals surface area contributed by atoms with Crippen molar-refractivity contribution < 1.29 is 0 Å². The van der Waals surface area contributed by atoms with E-state index < -0.39 is 0 Å². The maximum absolute atomic E-state index is 4.89. The van der Waals surface area contributed by atoms with E-state index in [1.807, 2.05) is 19.0 Å². The molecule has 6 heteroatoms. The second kappa shape index (κ2) is 6.35. The number of piperidine rings is 1. The van der Waals surface area contributed by atoms with Gasteiger partial charge in [0.2, 0.25) is 0 Å². The van der Waals surface area contributed by atoms with Gasteiger partial charge in [0, 0.05) is 45.5 Å². The van der Waals surface area contributed by atoms with Crippen LogP contribution in [-0.4, -0.2) is 47.1 Å². The fourth-order valence-corrected chi connectivity index (χ4v) is 3.64. The lowest BCUT2D eigenvalue weighted by Gasteiger charge is -2.34. The number of hydrogen-bond acceptors (Lipinski definition) is 5. The Morgan fingerprint density at radius 3 is 2.84 bits per heavy atom. The Morgan fingerprint density at radius 2 is 2.04 bits per heavy atom. The lowest BCUT2D eigenvalue weighted by atomic mass is 9.97. The van der Waals surface area contributed by atoms with E-state index in [2.05, 4.69) is 45.0 Å². The minimum atomic E-state index is 0.387. The maximum Gasteiger partial charge on any atom is 0.171 e. The number of aromatic nitrogens is 4. The molecule has 1 atom stereocenters. The molecule has 0 amide bonds. The van der Waals surface area contributed by atoms with Gasteiger partial charge in [0.1, 0.15) is 5.82 Å². The molecule has 0 bridgehead atoms. The van der Waals surface area contributed by atoms with E-state index in [1.165, 1.54) is 5.56 Å². The molecule has 1 aliphatic rings. The van der Waals surface area contributed by atoms with Crippen molar-refractivity contribution in [2.45, 2.75) is 25.7 Å². The highest BCUT2D eigenvalue weighted by molar-refractivity contribution is 5.78. The smallest absolute Gasteiger partial charge is 0.171 e. The maximum atomic E-state index is 4.89. The molecule has 0 spiro atoms. The Balaban J connectivity index is 1.64. The highest BCUT2D eigenvalue weighted by Gasteiger charge is 2.27. The Hall–Kier alpha value is -2.63. The lowest BCUT2D eigenvalue weighted by molar-refractivity contribution is 0.492. The van der Waals surface area contributed by atoms with Gasteiger partial charge < -0.3 is 14.8 Å². The van der Waals surface area contributed by atoms with Gasteiger partial charge in [-0.1, -0.05) is 12.1 Å². The first-order valence-electron chi connectivity index (χ1n) is 8.82. The van der Waals surface area contributed by atoms with Crippen molar-refractivity contribution in [2.75, 3.05) is 37.0 Å². The zero-order valence-electron chi connectivity index (χ0n) is 15.0. The summed E-state index contributed by atoms with van der Waals surface area (Å²) in [6.45, 7) is 4.04. The van der Waals surface area contributed by atoms with E-state index in [0.717, 1.165) is 54.4 Å². The standard InChI is InChI=1S/C19H24N6/c1-13-6-4-8-15-16(13)23-17(22-15)14-7-5-11-25(12-14)19-18(24(2)3)20-9-10-21-19/h4,6,8-10,14H,5,7,11-12H2,1-3H3,(H,22,23)/t14-/m0/s1. The Bertz CT molecular complexity index is 885. The summed E-state index contributed by atoms with van der Waals surface area (Å²) in [4.78, 5) is 21.9. The van der Waals surface area contributed by atoms with Crippen molar-refractivity contribution in [1.82, 2.24) is 19.9 Å². The summed E-state index contributed by atoms with van der Waals surface area (Å²) >= 11 is 0. The fraction of sp³-hybridized carbons (Fsp3) is 0.421. The van der Waals surface area contributed by atoms with Crippen LogP contribution in [0.2, 0.25) is 0 Å². The van der Waals surface area contributed by atoms with Gasteiger partial charge in [0.15, 0.2) is 11.6 Å². The summed E-state index contributed by atoms with van der Waals surface area (Å²) in [5.74, 6) is 3.36. The average Bonchev–Trinajstić information content (AvgIpc) is 3.08. The minimum Gasteiger partial charge on any atom is -0.360 e. The molecule has 1 fully saturated rings. The highest BCUT2D eigenvalue weighted by Crippen LogP contribution is 2.32. The van der Waals surface area contributed by atoms with E-state index in [9.17, 15) is 0 Å². The van der Waals surface area contributed by atoms with Crippen molar-refractivity contribution in [1.29, 1.82) is 0 Å². The molecule has 1 aromatic carbocycles. The number of aryl methyl sites for hydroxylation is 1. The van der Waals surface area contributed by atoms with Crippen LogP contribution < -0.4 is 9.80 Å². The molecule has 3 heterocycles. The van der Waals surface area contributed by atoms with E-state index in [-0.39, 0.29) is 0 Å². The van der Waals surface area contributed by atoms with Gasteiger partial charge in [0.05, 0.1) is 11.0 Å². The molecule has 1 saturated heterocycles. The lowest BCUT2D eigenvalue weighted by Crippen LogP contribution is -2.36. The number of fused-ring (bicyclic) bond motifs is 1. The number of hydrogen-bond donors (Lipinski definition) is 1. The van der Waals surface area contributed by atoms with Crippen LogP contribution in [0.5, 0.6) is 0 Å². The molecule has 0 saturated carbocycles. The second-order valence-corrected chi connectivity index (χ2v) is 6.98. The molecule has 1 N–H and O–H groups in total. The van der Waals surface area contributed by atoms with Crippen LogP contribution in [-0.2, 0) is 0 Å². The normalized spacial score (nSPS) is 17.9. The number of nitrogens with one attached hydrogen (secondary N) is 1. The summed E-state index contributed by atoms with van der Waals surface area (Å²) in [6, 6.07) is 6.30. The first-order valence-corrected chi connectivity index (χ1v) is 8.82. The number of benzene rings is 1. The van der Waals surface area contributed by atoms with E-state index in [0.29, 0.717) is 5.92 Å². The van der Waals surface area contributed by atoms with Crippen LogP contribution in [0.15, 0.2) is 30.6 Å². The summed E-state index contributed by atoms with van der Waals surface area (Å²) in [7, 11) is 4.02. The van der Waals surface area contributed by atoms with Crippen molar-refractivity contribution >= 4 is 22.7 Å². The number of para-hydroxylation sites is 1. The zero-order valence-corrected chi connectivity index (χ0v) is 15.0. The first kappa shape index (κ1) is 15.9. The van der Waals surface area contributed by atoms with Crippen molar-refractivity contribution in [3.8, 4) is 0 Å². The van der Waals surface area contributed by atoms with Gasteiger partial charge in [-0.15, -0.1) is 0 Å². The molecule has 0 radical (unpaired) electrons. The Kier molecular flexibility index (Phi) is 4.03. The predicted molar refractivity (Wildman–Crippen MR) is 101 cm³/mol. The molecule has 4 rings (SSSR count). The molecular formula is C19H24N6. The summed E-state index contributed by atoms with van der Waals surface area (Å²) in [6.07, 6.45) is 5.80. The zero-order chi connectivity index (χ0) is 17.4. The number of anilines is 2. The summed E-state index contributed by atoms with van der Waals surface area (Å²) in [5.41, 5.74) is 3.43. The topological polar surface area (TPSA) is 60.9 Å². The fourth-order valence-electron chi connectivity index (χ4n) is 3.64. The predicted octanol–water partition coefficient (Wildman–Crippen LogP) is 3.11. The van der Waals surface area contributed by atoms with E-state index in [1.54, 1.807) is 12.4 Å². The van der Waals surface area contributed by atoms with Crippen LogP contribution >= 0.6 is 0 Å². The van der Waals surface area contributed by atoms with Crippen LogP contribution in [0.4, 0.5) is 11.6 Å². The van der Waals surface area contributed by atoms with Gasteiger partial charge in [-0.2, -0.15) is 0 Å². The molecule has 25 heavy (non-hydrogen) atoms. The van der Waals surface area contributed by atoms with E-state index >= 15 is 0 Å². The molecule has 3 aromatic rings. The number of imidazole rings is 1. The molecule has 2 aromatic heterocycles.